The van der Waals surface area contributed by atoms with E-state index in [0.717, 1.165) is 12.8 Å². The number of rotatable bonds is 3. The minimum Gasteiger partial charge on any atom is -0.372 e. The molecule has 19 heavy (non-hydrogen) atoms. The summed E-state index contributed by atoms with van der Waals surface area (Å²) in [6, 6.07) is 1.65. The molecular weight excluding hydrogens is 262 g/mol. The summed E-state index contributed by atoms with van der Waals surface area (Å²) in [5, 5.41) is 6.46. The van der Waals surface area contributed by atoms with Crippen molar-refractivity contribution in [2.45, 2.75) is 44.6 Å². The summed E-state index contributed by atoms with van der Waals surface area (Å²) in [6.07, 6.45) is 7.24. The van der Waals surface area contributed by atoms with Gasteiger partial charge < -0.3 is 10.6 Å². The van der Waals surface area contributed by atoms with Gasteiger partial charge in [0.05, 0.1) is 10.6 Å². The number of carbonyl (C=O) groups excluding carboxylic acids is 1. The van der Waals surface area contributed by atoms with Crippen molar-refractivity contribution in [3.63, 3.8) is 0 Å². The highest BCUT2D eigenvalue weighted by Gasteiger charge is 2.28. The fourth-order valence-electron chi connectivity index (χ4n) is 2.55. The Morgan fingerprint density at radius 3 is 2.63 bits per heavy atom. The molecule has 1 aromatic rings. The van der Waals surface area contributed by atoms with Crippen LogP contribution in [0, 0.1) is 0 Å². The third-order valence-electron chi connectivity index (χ3n) is 3.71. The molecule has 4 nitrogen and oxygen atoms in total. The number of nitrogens with zero attached hydrogens (tertiary/aromatic N) is 1. The highest BCUT2D eigenvalue weighted by atomic mass is 35.5. The van der Waals surface area contributed by atoms with Crippen LogP contribution in [0.4, 0.5) is 5.82 Å². The lowest BCUT2D eigenvalue weighted by Crippen LogP contribution is -2.47. The Morgan fingerprint density at radius 1 is 1.37 bits per heavy atom. The quantitative estimate of drug-likeness (QED) is 0.894. The van der Waals surface area contributed by atoms with E-state index in [1.165, 1.54) is 19.3 Å². The highest BCUT2D eigenvalue weighted by Crippen LogP contribution is 2.28. The van der Waals surface area contributed by atoms with Crippen LogP contribution in [-0.4, -0.2) is 23.5 Å². The molecule has 0 bridgehead atoms. The van der Waals surface area contributed by atoms with Gasteiger partial charge in [-0.15, -0.1) is 0 Å². The first-order chi connectivity index (χ1) is 9.04. The maximum atomic E-state index is 12.2. The molecule has 0 spiro atoms. The molecule has 1 amide bonds. The van der Waals surface area contributed by atoms with E-state index >= 15 is 0 Å². The zero-order chi connectivity index (χ0) is 13.9. The predicted octanol–water partition coefficient (Wildman–Crippen LogP) is 3.23. The predicted molar refractivity (Wildman–Crippen MR) is 77.7 cm³/mol. The van der Waals surface area contributed by atoms with Crippen LogP contribution in [0.1, 0.15) is 49.4 Å². The van der Waals surface area contributed by atoms with Crippen molar-refractivity contribution in [3.05, 3.63) is 22.8 Å². The molecular formula is C14H20ClN3O. The molecule has 104 valence electrons. The maximum absolute atomic E-state index is 12.2. The molecule has 0 saturated heterocycles. The monoisotopic (exact) mass is 281 g/mol. The molecule has 1 saturated carbocycles. The van der Waals surface area contributed by atoms with Crippen molar-refractivity contribution in [1.82, 2.24) is 10.3 Å². The Labute approximate surface area is 118 Å². The number of aromatic nitrogens is 1. The van der Waals surface area contributed by atoms with Gasteiger partial charge in [0.2, 0.25) is 0 Å². The molecule has 1 aliphatic rings. The van der Waals surface area contributed by atoms with Crippen LogP contribution in [0.3, 0.4) is 0 Å². The zero-order valence-electron chi connectivity index (χ0n) is 11.4. The van der Waals surface area contributed by atoms with Gasteiger partial charge in [0.25, 0.3) is 5.91 Å². The van der Waals surface area contributed by atoms with Gasteiger partial charge in [0.1, 0.15) is 5.82 Å². The first-order valence-electron chi connectivity index (χ1n) is 6.70. The van der Waals surface area contributed by atoms with Crippen LogP contribution in [0.15, 0.2) is 12.3 Å². The molecule has 2 rings (SSSR count). The first kappa shape index (κ1) is 14.1. The molecule has 0 unspecified atom stereocenters. The molecule has 0 radical (unpaired) electrons. The second-order valence-corrected chi connectivity index (χ2v) is 5.79. The number of amides is 1. The number of pyridine rings is 1. The lowest BCUT2D eigenvalue weighted by atomic mass is 9.83. The number of nitrogens with one attached hydrogen (secondary N) is 2. The summed E-state index contributed by atoms with van der Waals surface area (Å²) in [7, 11) is 1.75. The number of anilines is 1. The van der Waals surface area contributed by atoms with E-state index in [4.69, 9.17) is 11.6 Å². The van der Waals surface area contributed by atoms with Crippen molar-refractivity contribution in [2.75, 3.05) is 12.4 Å². The fraction of sp³-hybridized carbons (Fsp3) is 0.571. The Balaban J connectivity index is 2.09. The second-order valence-electron chi connectivity index (χ2n) is 5.38. The van der Waals surface area contributed by atoms with E-state index < -0.39 is 0 Å². The van der Waals surface area contributed by atoms with Crippen molar-refractivity contribution in [1.29, 1.82) is 0 Å². The Bertz CT molecular complexity index is 470. The average Bonchev–Trinajstić information content (AvgIpc) is 2.39. The Kier molecular flexibility index (Phi) is 4.30. The van der Waals surface area contributed by atoms with Gasteiger partial charge >= 0.3 is 0 Å². The normalized spacial score (nSPS) is 17.8. The molecule has 1 heterocycles. The van der Waals surface area contributed by atoms with Crippen molar-refractivity contribution in [2.24, 2.45) is 0 Å². The summed E-state index contributed by atoms with van der Waals surface area (Å²) in [6.45, 7) is 2.11. The van der Waals surface area contributed by atoms with E-state index in [0.29, 0.717) is 16.4 Å². The molecule has 2 N–H and O–H groups in total. The topological polar surface area (TPSA) is 54.0 Å². The molecule has 0 aromatic carbocycles. The summed E-state index contributed by atoms with van der Waals surface area (Å²) in [5.74, 6) is 0.489. The summed E-state index contributed by atoms with van der Waals surface area (Å²) in [5.41, 5.74) is 0.416. The van der Waals surface area contributed by atoms with Gasteiger partial charge in [-0.25, -0.2) is 4.98 Å². The van der Waals surface area contributed by atoms with E-state index in [9.17, 15) is 4.79 Å². The smallest absolute Gasteiger partial charge is 0.253 e. The SMILES string of the molecule is CNc1ncc(C(=O)NC2(C)CCCCC2)cc1Cl. The minimum atomic E-state index is -0.0959. The summed E-state index contributed by atoms with van der Waals surface area (Å²) >= 11 is 6.05. The van der Waals surface area contributed by atoms with Crippen molar-refractivity contribution in [3.8, 4) is 0 Å². The Hall–Kier alpha value is -1.29. The van der Waals surface area contributed by atoms with Gasteiger partial charge in [0, 0.05) is 18.8 Å². The van der Waals surface area contributed by atoms with Gasteiger partial charge in [-0.05, 0) is 25.8 Å². The maximum Gasteiger partial charge on any atom is 0.253 e. The van der Waals surface area contributed by atoms with Crippen LogP contribution in [0.25, 0.3) is 0 Å². The molecule has 1 aromatic heterocycles. The van der Waals surface area contributed by atoms with Crippen LogP contribution < -0.4 is 10.6 Å². The number of carbonyl (C=O) groups is 1. The molecule has 0 aliphatic heterocycles. The number of halogens is 1. The summed E-state index contributed by atoms with van der Waals surface area (Å²) in [4.78, 5) is 16.4. The largest absolute Gasteiger partial charge is 0.372 e. The lowest BCUT2D eigenvalue weighted by molar-refractivity contribution is 0.0882. The van der Waals surface area contributed by atoms with Crippen LogP contribution in [0.5, 0.6) is 0 Å². The fourth-order valence-corrected chi connectivity index (χ4v) is 2.81. The number of hydrogen-bond acceptors (Lipinski definition) is 3. The van der Waals surface area contributed by atoms with E-state index in [2.05, 4.69) is 22.5 Å². The van der Waals surface area contributed by atoms with E-state index in [-0.39, 0.29) is 11.4 Å². The standard InChI is InChI=1S/C14H20ClN3O/c1-14(6-4-3-5-7-14)18-13(19)10-8-11(15)12(16-2)17-9-10/h8-9H,3-7H2,1-2H3,(H,16,17)(H,18,19). The average molecular weight is 282 g/mol. The minimum absolute atomic E-state index is 0.0938. The lowest BCUT2D eigenvalue weighted by Gasteiger charge is -2.34. The molecule has 1 fully saturated rings. The first-order valence-corrected chi connectivity index (χ1v) is 7.08. The zero-order valence-corrected chi connectivity index (χ0v) is 12.2. The van der Waals surface area contributed by atoms with Gasteiger partial charge in [-0.3, -0.25) is 4.79 Å². The summed E-state index contributed by atoms with van der Waals surface area (Å²) < 4.78 is 0. The Morgan fingerprint density at radius 2 is 2.05 bits per heavy atom. The second kappa shape index (κ2) is 5.78. The highest BCUT2D eigenvalue weighted by molar-refractivity contribution is 6.33. The third-order valence-corrected chi connectivity index (χ3v) is 4.00. The molecule has 1 aliphatic carbocycles. The molecule has 5 heteroatoms. The van der Waals surface area contributed by atoms with E-state index in [1.54, 1.807) is 19.3 Å². The van der Waals surface area contributed by atoms with Gasteiger partial charge in [-0.2, -0.15) is 0 Å². The van der Waals surface area contributed by atoms with Gasteiger partial charge in [-0.1, -0.05) is 30.9 Å². The van der Waals surface area contributed by atoms with E-state index in [1.807, 2.05) is 0 Å². The number of hydrogen-bond donors (Lipinski definition) is 2. The van der Waals surface area contributed by atoms with Crippen LogP contribution in [-0.2, 0) is 0 Å². The van der Waals surface area contributed by atoms with Crippen LogP contribution >= 0.6 is 11.6 Å². The van der Waals surface area contributed by atoms with Crippen molar-refractivity contribution < 1.29 is 4.79 Å². The van der Waals surface area contributed by atoms with Gasteiger partial charge in [0.15, 0.2) is 0 Å². The van der Waals surface area contributed by atoms with Crippen molar-refractivity contribution >= 4 is 23.3 Å². The van der Waals surface area contributed by atoms with Crippen LogP contribution in [0.2, 0.25) is 5.02 Å². The third kappa shape index (κ3) is 3.38. The molecule has 0 atom stereocenters.